The topological polar surface area (TPSA) is 54.0 Å². The van der Waals surface area contributed by atoms with Gasteiger partial charge in [0, 0.05) is 31.7 Å². The average Bonchev–Trinajstić information content (AvgIpc) is 2.66. The standard InChI is InChI=1S/C19H20BrF3N2O3/c1-27-14-10-15(18(26)16(20)11-14)17(25-8-6-24-7-9-25)12-2-4-13(5-3-12)28-19(21,22)23/h2-5,10-11,17,24,26H,6-9H2,1H3/t17-/m1/s1. The average molecular weight is 461 g/mol. The van der Waals surface area contributed by atoms with Crippen molar-refractivity contribution in [3.05, 3.63) is 52.0 Å². The predicted molar refractivity (Wildman–Crippen MR) is 102 cm³/mol. The smallest absolute Gasteiger partial charge is 0.506 e. The number of nitrogens with zero attached hydrogens (tertiary/aromatic N) is 1. The number of methoxy groups -OCH3 is 1. The van der Waals surface area contributed by atoms with Crippen molar-refractivity contribution in [2.75, 3.05) is 33.3 Å². The molecule has 1 aliphatic heterocycles. The molecule has 0 aliphatic carbocycles. The highest BCUT2D eigenvalue weighted by Gasteiger charge is 2.32. The molecule has 2 N–H and O–H groups in total. The van der Waals surface area contributed by atoms with Gasteiger partial charge in [-0.05, 0) is 45.8 Å². The molecule has 0 spiro atoms. The van der Waals surface area contributed by atoms with Crippen LogP contribution in [0.2, 0.25) is 0 Å². The van der Waals surface area contributed by atoms with Crippen LogP contribution in [0.1, 0.15) is 17.2 Å². The monoisotopic (exact) mass is 460 g/mol. The third-order valence-electron chi connectivity index (χ3n) is 4.54. The second-order valence-corrected chi connectivity index (χ2v) is 7.21. The number of hydrogen-bond acceptors (Lipinski definition) is 5. The minimum Gasteiger partial charge on any atom is -0.506 e. The summed E-state index contributed by atoms with van der Waals surface area (Å²) in [5.74, 6) is 0.350. The van der Waals surface area contributed by atoms with Gasteiger partial charge in [0.2, 0.25) is 0 Å². The summed E-state index contributed by atoms with van der Waals surface area (Å²) in [7, 11) is 1.53. The molecule has 1 aliphatic rings. The number of phenols is 1. The van der Waals surface area contributed by atoms with E-state index in [2.05, 4.69) is 30.9 Å². The van der Waals surface area contributed by atoms with Crippen LogP contribution in [0.15, 0.2) is 40.9 Å². The van der Waals surface area contributed by atoms with Gasteiger partial charge in [-0.25, -0.2) is 0 Å². The fourth-order valence-electron chi connectivity index (χ4n) is 3.30. The molecule has 1 atom stereocenters. The van der Waals surface area contributed by atoms with Gasteiger partial charge < -0.3 is 19.9 Å². The molecular formula is C19H20BrF3N2O3. The normalized spacial score (nSPS) is 16.6. The first-order chi connectivity index (χ1) is 13.3. The maximum Gasteiger partial charge on any atom is 0.573 e. The largest absolute Gasteiger partial charge is 0.573 e. The van der Waals surface area contributed by atoms with E-state index in [0.717, 1.165) is 31.7 Å². The quantitative estimate of drug-likeness (QED) is 0.704. The summed E-state index contributed by atoms with van der Waals surface area (Å²) in [6.45, 7) is 2.99. The zero-order chi connectivity index (χ0) is 20.3. The predicted octanol–water partition coefficient (Wildman–Crippen LogP) is 4.06. The SMILES string of the molecule is COc1cc(Br)c(O)c([C@@H](c2ccc(OC(F)(F)F)cc2)N2CCNCC2)c1. The summed E-state index contributed by atoms with van der Waals surface area (Å²) in [4.78, 5) is 2.16. The van der Waals surface area contributed by atoms with E-state index in [-0.39, 0.29) is 17.5 Å². The van der Waals surface area contributed by atoms with Crippen LogP contribution in [0.3, 0.4) is 0 Å². The number of rotatable bonds is 5. The highest BCUT2D eigenvalue weighted by Crippen LogP contribution is 2.41. The summed E-state index contributed by atoms with van der Waals surface area (Å²) in [6, 6.07) is 8.78. The van der Waals surface area contributed by atoms with E-state index in [4.69, 9.17) is 4.74 Å². The van der Waals surface area contributed by atoms with Gasteiger partial charge in [0.05, 0.1) is 17.6 Å². The number of piperazine rings is 1. The van der Waals surface area contributed by atoms with Gasteiger partial charge >= 0.3 is 6.36 Å². The van der Waals surface area contributed by atoms with Crippen LogP contribution in [-0.2, 0) is 0 Å². The highest BCUT2D eigenvalue weighted by atomic mass is 79.9. The molecule has 9 heteroatoms. The molecule has 2 aromatic rings. The van der Waals surface area contributed by atoms with E-state index in [1.54, 1.807) is 24.3 Å². The van der Waals surface area contributed by atoms with E-state index in [1.807, 2.05) is 0 Å². The van der Waals surface area contributed by atoms with Gasteiger partial charge in [0.25, 0.3) is 0 Å². The van der Waals surface area contributed by atoms with E-state index in [0.29, 0.717) is 15.8 Å². The minimum atomic E-state index is -4.74. The van der Waals surface area contributed by atoms with Gasteiger partial charge in [-0.3, -0.25) is 4.90 Å². The fraction of sp³-hybridized carbons (Fsp3) is 0.368. The summed E-state index contributed by atoms with van der Waals surface area (Å²) in [6.07, 6.45) is -4.74. The van der Waals surface area contributed by atoms with Crippen LogP contribution in [0.25, 0.3) is 0 Å². The van der Waals surface area contributed by atoms with Crippen LogP contribution in [0.4, 0.5) is 13.2 Å². The number of ether oxygens (including phenoxy) is 2. The molecule has 0 saturated carbocycles. The third-order valence-corrected chi connectivity index (χ3v) is 5.15. The van der Waals surface area contributed by atoms with Crippen molar-refractivity contribution < 1.29 is 27.8 Å². The van der Waals surface area contributed by atoms with E-state index < -0.39 is 6.36 Å². The Morgan fingerprint density at radius 3 is 2.32 bits per heavy atom. The Morgan fingerprint density at radius 1 is 1.11 bits per heavy atom. The first-order valence-corrected chi connectivity index (χ1v) is 9.44. The summed E-state index contributed by atoms with van der Waals surface area (Å²) >= 11 is 3.34. The van der Waals surface area contributed by atoms with Gasteiger partial charge in [-0.2, -0.15) is 0 Å². The summed E-state index contributed by atoms with van der Waals surface area (Å²) in [5.41, 5.74) is 1.35. The zero-order valence-corrected chi connectivity index (χ0v) is 16.7. The van der Waals surface area contributed by atoms with Gasteiger partial charge in [0.15, 0.2) is 0 Å². The van der Waals surface area contributed by atoms with Crippen LogP contribution < -0.4 is 14.8 Å². The van der Waals surface area contributed by atoms with Crippen molar-refractivity contribution in [1.82, 2.24) is 10.2 Å². The van der Waals surface area contributed by atoms with Gasteiger partial charge in [0.1, 0.15) is 17.2 Å². The molecule has 2 aromatic carbocycles. The van der Waals surface area contributed by atoms with Crippen molar-refractivity contribution in [2.24, 2.45) is 0 Å². The molecular weight excluding hydrogens is 441 g/mol. The van der Waals surface area contributed by atoms with Crippen molar-refractivity contribution in [2.45, 2.75) is 12.4 Å². The molecule has 28 heavy (non-hydrogen) atoms. The Morgan fingerprint density at radius 2 is 1.75 bits per heavy atom. The second kappa shape index (κ2) is 8.59. The molecule has 0 radical (unpaired) electrons. The Hall–Kier alpha value is -1.97. The lowest BCUT2D eigenvalue weighted by atomic mass is 9.95. The Labute approximate surface area is 169 Å². The number of hydrogen-bond donors (Lipinski definition) is 2. The Bertz CT molecular complexity index is 809. The van der Waals surface area contributed by atoms with Crippen LogP contribution in [0.5, 0.6) is 17.2 Å². The molecule has 5 nitrogen and oxygen atoms in total. The lowest BCUT2D eigenvalue weighted by Gasteiger charge is -2.36. The molecule has 0 aromatic heterocycles. The van der Waals surface area contributed by atoms with Gasteiger partial charge in [-0.1, -0.05) is 12.1 Å². The molecule has 0 bridgehead atoms. The second-order valence-electron chi connectivity index (χ2n) is 6.35. The summed E-state index contributed by atoms with van der Waals surface area (Å²) < 4.78 is 47.1. The van der Waals surface area contributed by atoms with Crippen molar-refractivity contribution in [3.8, 4) is 17.2 Å². The lowest BCUT2D eigenvalue weighted by molar-refractivity contribution is -0.274. The van der Waals surface area contributed by atoms with Crippen LogP contribution >= 0.6 is 15.9 Å². The fourth-order valence-corrected chi connectivity index (χ4v) is 3.75. The molecule has 1 fully saturated rings. The number of halogens is 4. The molecule has 1 saturated heterocycles. The number of alkyl halides is 3. The molecule has 0 unspecified atom stereocenters. The number of phenolic OH excluding ortho intramolecular Hbond substituents is 1. The first-order valence-electron chi connectivity index (χ1n) is 8.65. The number of aromatic hydroxyl groups is 1. The maximum absolute atomic E-state index is 12.4. The third kappa shape index (κ3) is 4.89. The summed E-state index contributed by atoms with van der Waals surface area (Å²) in [5, 5.41) is 13.9. The number of nitrogens with one attached hydrogen (secondary N) is 1. The number of benzene rings is 2. The lowest BCUT2D eigenvalue weighted by Crippen LogP contribution is -2.45. The van der Waals surface area contributed by atoms with Crippen molar-refractivity contribution in [3.63, 3.8) is 0 Å². The molecule has 0 amide bonds. The highest BCUT2D eigenvalue weighted by molar-refractivity contribution is 9.10. The van der Waals surface area contributed by atoms with Crippen LogP contribution in [0, 0.1) is 0 Å². The Balaban J connectivity index is 2.02. The van der Waals surface area contributed by atoms with Crippen molar-refractivity contribution in [1.29, 1.82) is 0 Å². The first kappa shape index (κ1) is 20.8. The molecule has 1 heterocycles. The zero-order valence-electron chi connectivity index (χ0n) is 15.1. The maximum atomic E-state index is 12.4. The van der Waals surface area contributed by atoms with E-state index in [9.17, 15) is 18.3 Å². The van der Waals surface area contributed by atoms with Crippen LogP contribution in [-0.4, -0.2) is 49.7 Å². The van der Waals surface area contributed by atoms with E-state index >= 15 is 0 Å². The molecule has 152 valence electrons. The Kier molecular flexibility index (Phi) is 6.36. The molecule has 3 rings (SSSR count). The minimum absolute atomic E-state index is 0.0694. The van der Waals surface area contributed by atoms with Crippen molar-refractivity contribution >= 4 is 15.9 Å². The van der Waals surface area contributed by atoms with E-state index in [1.165, 1.54) is 19.2 Å². The van der Waals surface area contributed by atoms with Gasteiger partial charge in [-0.15, -0.1) is 13.2 Å².